The molecule has 96 valence electrons. The number of pyridine rings is 1. The fraction of sp³-hybridized carbons (Fsp3) is 0.200. The largest absolute Gasteiger partial charge is 0.396 e. The van der Waals surface area contributed by atoms with Gasteiger partial charge in [0.2, 0.25) is 0 Å². The predicted molar refractivity (Wildman–Crippen MR) is 77.2 cm³/mol. The number of nitrogens with zero attached hydrogens (tertiary/aromatic N) is 3. The lowest BCUT2D eigenvalue weighted by Gasteiger charge is -2.22. The maximum absolute atomic E-state index is 8.99. The zero-order chi connectivity index (χ0) is 13.8. The van der Waals surface area contributed by atoms with E-state index in [0.29, 0.717) is 5.69 Å². The van der Waals surface area contributed by atoms with Gasteiger partial charge < -0.3 is 10.6 Å². The Morgan fingerprint density at radius 3 is 2.47 bits per heavy atom. The molecule has 2 rings (SSSR count). The lowest BCUT2D eigenvalue weighted by molar-refractivity contribution is 0.986. The molecule has 0 fully saturated rings. The van der Waals surface area contributed by atoms with E-state index in [1.807, 2.05) is 36.1 Å². The Morgan fingerprint density at radius 2 is 1.89 bits per heavy atom. The van der Waals surface area contributed by atoms with Crippen LogP contribution >= 0.6 is 0 Å². The molecule has 0 spiro atoms. The highest BCUT2D eigenvalue weighted by Crippen LogP contribution is 2.25. The Labute approximate surface area is 113 Å². The van der Waals surface area contributed by atoms with Gasteiger partial charge in [0.15, 0.2) is 5.69 Å². The van der Waals surface area contributed by atoms with Crippen molar-refractivity contribution in [2.24, 2.45) is 0 Å². The highest BCUT2D eigenvalue weighted by molar-refractivity contribution is 5.63. The third-order valence-electron chi connectivity index (χ3n) is 2.96. The van der Waals surface area contributed by atoms with E-state index < -0.39 is 0 Å². The SMILES string of the molecule is CCN(c1ccc(C)cc1)c1ccc(N)c(C#N)n1. The van der Waals surface area contributed by atoms with Gasteiger partial charge in [-0.25, -0.2) is 4.98 Å². The fourth-order valence-corrected chi connectivity index (χ4v) is 1.90. The van der Waals surface area contributed by atoms with Gasteiger partial charge in [0.25, 0.3) is 0 Å². The average Bonchev–Trinajstić information content (AvgIpc) is 2.43. The minimum atomic E-state index is 0.267. The quantitative estimate of drug-likeness (QED) is 0.911. The number of rotatable bonds is 3. The van der Waals surface area contributed by atoms with E-state index in [9.17, 15) is 0 Å². The van der Waals surface area contributed by atoms with Crippen molar-refractivity contribution in [1.82, 2.24) is 4.98 Å². The van der Waals surface area contributed by atoms with Gasteiger partial charge in [-0.15, -0.1) is 0 Å². The van der Waals surface area contributed by atoms with Gasteiger partial charge in [-0.1, -0.05) is 17.7 Å². The van der Waals surface area contributed by atoms with E-state index in [0.717, 1.165) is 18.1 Å². The van der Waals surface area contributed by atoms with Crippen molar-refractivity contribution in [2.75, 3.05) is 17.2 Å². The summed E-state index contributed by atoms with van der Waals surface area (Å²) in [4.78, 5) is 6.34. The summed E-state index contributed by atoms with van der Waals surface area (Å²) in [5, 5.41) is 8.99. The summed E-state index contributed by atoms with van der Waals surface area (Å²) in [6.07, 6.45) is 0. The average molecular weight is 252 g/mol. The van der Waals surface area contributed by atoms with Crippen LogP contribution in [0.4, 0.5) is 17.2 Å². The van der Waals surface area contributed by atoms with Crippen LogP contribution in [0.25, 0.3) is 0 Å². The zero-order valence-electron chi connectivity index (χ0n) is 11.1. The van der Waals surface area contributed by atoms with Gasteiger partial charge in [0, 0.05) is 12.2 Å². The molecule has 0 saturated heterocycles. The highest BCUT2D eigenvalue weighted by atomic mass is 15.2. The molecule has 0 aliphatic rings. The predicted octanol–water partition coefficient (Wildman–Crippen LogP) is 3.00. The second-order valence-corrected chi connectivity index (χ2v) is 4.30. The number of nitrogens with two attached hydrogens (primary N) is 1. The number of hydrogen-bond donors (Lipinski definition) is 1. The smallest absolute Gasteiger partial charge is 0.165 e. The van der Waals surface area contributed by atoms with Crippen LogP contribution in [-0.4, -0.2) is 11.5 Å². The van der Waals surface area contributed by atoms with Gasteiger partial charge in [0.1, 0.15) is 11.9 Å². The molecule has 0 radical (unpaired) electrons. The van der Waals surface area contributed by atoms with E-state index in [-0.39, 0.29) is 5.69 Å². The first kappa shape index (κ1) is 12.9. The van der Waals surface area contributed by atoms with Crippen molar-refractivity contribution >= 4 is 17.2 Å². The van der Waals surface area contributed by atoms with Crippen LogP contribution in [-0.2, 0) is 0 Å². The van der Waals surface area contributed by atoms with Crippen molar-refractivity contribution in [3.63, 3.8) is 0 Å². The molecule has 0 bridgehead atoms. The van der Waals surface area contributed by atoms with Crippen molar-refractivity contribution < 1.29 is 0 Å². The van der Waals surface area contributed by atoms with E-state index in [1.54, 1.807) is 6.07 Å². The van der Waals surface area contributed by atoms with Crippen LogP contribution in [0, 0.1) is 18.3 Å². The Balaban J connectivity index is 2.42. The number of nitrogen functional groups attached to an aromatic ring is 1. The minimum absolute atomic E-state index is 0.267. The normalized spacial score (nSPS) is 9.95. The molecule has 2 aromatic rings. The summed E-state index contributed by atoms with van der Waals surface area (Å²) in [7, 11) is 0. The lowest BCUT2D eigenvalue weighted by Crippen LogP contribution is -2.17. The van der Waals surface area contributed by atoms with Gasteiger partial charge in [-0.2, -0.15) is 5.26 Å². The number of hydrogen-bond acceptors (Lipinski definition) is 4. The Kier molecular flexibility index (Phi) is 3.67. The lowest BCUT2D eigenvalue weighted by atomic mass is 10.2. The van der Waals surface area contributed by atoms with Gasteiger partial charge in [0.05, 0.1) is 5.69 Å². The Hall–Kier alpha value is -2.54. The zero-order valence-corrected chi connectivity index (χ0v) is 11.1. The van der Waals surface area contributed by atoms with Crippen LogP contribution < -0.4 is 10.6 Å². The molecule has 0 amide bonds. The number of aromatic nitrogens is 1. The molecular formula is C15H16N4. The van der Waals surface area contributed by atoms with E-state index in [1.165, 1.54) is 5.56 Å². The topological polar surface area (TPSA) is 65.9 Å². The molecular weight excluding hydrogens is 236 g/mol. The van der Waals surface area contributed by atoms with Crippen molar-refractivity contribution in [2.45, 2.75) is 13.8 Å². The molecule has 4 nitrogen and oxygen atoms in total. The molecule has 0 atom stereocenters. The first-order chi connectivity index (χ1) is 9.15. The van der Waals surface area contributed by atoms with Crippen LogP contribution in [0.3, 0.4) is 0 Å². The maximum atomic E-state index is 8.99. The summed E-state index contributed by atoms with van der Waals surface area (Å²) in [6, 6.07) is 13.8. The number of aryl methyl sites for hydroxylation is 1. The molecule has 2 N–H and O–H groups in total. The highest BCUT2D eigenvalue weighted by Gasteiger charge is 2.10. The third kappa shape index (κ3) is 2.66. The van der Waals surface area contributed by atoms with E-state index >= 15 is 0 Å². The summed E-state index contributed by atoms with van der Waals surface area (Å²) in [6.45, 7) is 4.87. The van der Waals surface area contributed by atoms with Gasteiger partial charge >= 0.3 is 0 Å². The number of nitriles is 1. The van der Waals surface area contributed by atoms with Crippen LogP contribution in [0.1, 0.15) is 18.2 Å². The monoisotopic (exact) mass is 252 g/mol. The van der Waals surface area contributed by atoms with Crippen LogP contribution in [0.5, 0.6) is 0 Å². The summed E-state index contributed by atoms with van der Waals surface area (Å²) in [5.74, 6) is 0.733. The number of anilines is 3. The second-order valence-electron chi connectivity index (χ2n) is 4.30. The summed E-state index contributed by atoms with van der Waals surface area (Å²) >= 11 is 0. The number of benzene rings is 1. The molecule has 1 aromatic heterocycles. The first-order valence-electron chi connectivity index (χ1n) is 6.16. The Bertz CT molecular complexity index is 611. The molecule has 1 heterocycles. The summed E-state index contributed by atoms with van der Waals surface area (Å²) < 4.78 is 0. The first-order valence-corrected chi connectivity index (χ1v) is 6.16. The Morgan fingerprint density at radius 1 is 1.21 bits per heavy atom. The van der Waals surface area contributed by atoms with Crippen LogP contribution in [0.2, 0.25) is 0 Å². The van der Waals surface area contributed by atoms with E-state index in [2.05, 4.69) is 24.0 Å². The van der Waals surface area contributed by atoms with Gasteiger partial charge in [-0.05, 0) is 38.1 Å². The van der Waals surface area contributed by atoms with Crippen molar-refractivity contribution in [1.29, 1.82) is 5.26 Å². The minimum Gasteiger partial charge on any atom is -0.396 e. The molecule has 1 aromatic carbocycles. The summed E-state index contributed by atoms with van der Waals surface area (Å²) in [5.41, 5.74) is 8.63. The molecule has 0 unspecified atom stereocenters. The molecule has 0 aliphatic heterocycles. The third-order valence-corrected chi connectivity index (χ3v) is 2.96. The van der Waals surface area contributed by atoms with Gasteiger partial charge in [-0.3, -0.25) is 0 Å². The standard InChI is InChI=1S/C15H16N4/c1-3-19(12-6-4-11(2)5-7-12)15-9-8-13(17)14(10-16)18-15/h4-9H,3,17H2,1-2H3. The second kappa shape index (κ2) is 5.40. The maximum Gasteiger partial charge on any atom is 0.165 e. The molecule has 0 aliphatic carbocycles. The molecule has 0 saturated carbocycles. The van der Waals surface area contributed by atoms with Crippen molar-refractivity contribution in [3.05, 3.63) is 47.7 Å². The van der Waals surface area contributed by atoms with E-state index in [4.69, 9.17) is 11.0 Å². The van der Waals surface area contributed by atoms with Crippen molar-refractivity contribution in [3.8, 4) is 6.07 Å². The fourth-order valence-electron chi connectivity index (χ4n) is 1.90. The molecule has 19 heavy (non-hydrogen) atoms. The van der Waals surface area contributed by atoms with Crippen LogP contribution in [0.15, 0.2) is 36.4 Å². The molecule has 4 heteroatoms.